The highest BCUT2D eigenvalue weighted by atomic mass is 19.3. The lowest BCUT2D eigenvalue weighted by Gasteiger charge is -2.36. The fourth-order valence-corrected chi connectivity index (χ4v) is 3.12. The van der Waals surface area contributed by atoms with Crippen LogP contribution in [0.5, 0.6) is 0 Å². The topological polar surface area (TPSA) is 104 Å². The first-order valence-corrected chi connectivity index (χ1v) is 7.52. The molecule has 2 aliphatic rings. The molecule has 24 heavy (non-hydrogen) atoms. The number of carbonyl (C=O) groups is 1. The average molecular weight is 339 g/mol. The van der Waals surface area contributed by atoms with Crippen LogP contribution in [0, 0.1) is 0 Å². The Morgan fingerprint density at radius 3 is 2.75 bits per heavy atom. The standard InChI is InChI=1S/C14H15F2N5O3/c15-14(16)3-7(4-14)20-5-8(11(17)22)10-9(12(20)23)6-21(19-10)13-18-1-2-24-13/h5-7,13,18H,1-4H2,(H2,17,22). The highest BCUT2D eigenvalue weighted by Gasteiger charge is 2.46. The number of carbonyl (C=O) groups excluding carboxylic acids is 1. The quantitative estimate of drug-likeness (QED) is 0.839. The second kappa shape index (κ2) is 5.08. The third-order valence-electron chi connectivity index (χ3n) is 4.38. The van der Waals surface area contributed by atoms with Gasteiger partial charge in [0.05, 0.1) is 17.6 Å². The van der Waals surface area contributed by atoms with Crippen molar-refractivity contribution in [2.24, 2.45) is 5.73 Å². The summed E-state index contributed by atoms with van der Waals surface area (Å²) >= 11 is 0. The molecule has 1 saturated carbocycles. The molecule has 2 fully saturated rings. The number of pyridine rings is 1. The maximum absolute atomic E-state index is 13.1. The van der Waals surface area contributed by atoms with Crippen LogP contribution in [0.2, 0.25) is 0 Å². The summed E-state index contributed by atoms with van der Waals surface area (Å²) in [5.41, 5.74) is 5.07. The number of fused-ring (bicyclic) bond motifs is 1. The molecular formula is C14H15F2N5O3. The van der Waals surface area contributed by atoms with Crippen LogP contribution in [0.15, 0.2) is 17.2 Å². The van der Waals surface area contributed by atoms with Gasteiger partial charge in [-0.2, -0.15) is 5.10 Å². The zero-order valence-electron chi connectivity index (χ0n) is 12.5. The molecule has 8 nitrogen and oxygen atoms in total. The Labute approximate surface area is 134 Å². The monoisotopic (exact) mass is 339 g/mol. The van der Waals surface area contributed by atoms with E-state index in [2.05, 4.69) is 10.4 Å². The number of rotatable bonds is 3. The molecule has 1 saturated heterocycles. The van der Waals surface area contributed by atoms with Gasteiger partial charge in [-0.3, -0.25) is 14.9 Å². The molecule has 0 radical (unpaired) electrons. The average Bonchev–Trinajstić information content (AvgIpc) is 3.14. The first-order chi connectivity index (χ1) is 11.4. The molecule has 1 unspecified atom stereocenters. The summed E-state index contributed by atoms with van der Waals surface area (Å²) in [6, 6.07) is -0.654. The van der Waals surface area contributed by atoms with Gasteiger partial charge >= 0.3 is 0 Å². The number of nitrogens with one attached hydrogen (secondary N) is 1. The molecule has 4 rings (SSSR count). The summed E-state index contributed by atoms with van der Waals surface area (Å²) in [6.07, 6.45) is 1.27. The number of nitrogens with two attached hydrogens (primary N) is 1. The fourth-order valence-electron chi connectivity index (χ4n) is 3.12. The molecule has 128 valence electrons. The van der Waals surface area contributed by atoms with E-state index in [-0.39, 0.29) is 16.5 Å². The fraction of sp³-hybridized carbons (Fsp3) is 0.500. The van der Waals surface area contributed by atoms with E-state index >= 15 is 0 Å². The Morgan fingerprint density at radius 2 is 2.17 bits per heavy atom. The van der Waals surface area contributed by atoms with Crippen LogP contribution >= 0.6 is 0 Å². The van der Waals surface area contributed by atoms with Crippen molar-refractivity contribution in [3.63, 3.8) is 0 Å². The van der Waals surface area contributed by atoms with E-state index in [1.54, 1.807) is 0 Å². The minimum atomic E-state index is -2.78. The zero-order valence-corrected chi connectivity index (χ0v) is 12.5. The van der Waals surface area contributed by atoms with Crippen molar-refractivity contribution in [2.75, 3.05) is 13.2 Å². The van der Waals surface area contributed by atoms with Crippen LogP contribution in [0.25, 0.3) is 10.9 Å². The van der Waals surface area contributed by atoms with Crippen molar-refractivity contribution >= 4 is 16.8 Å². The van der Waals surface area contributed by atoms with Gasteiger partial charge in [-0.05, 0) is 0 Å². The summed E-state index contributed by atoms with van der Waals surface area (Å²) in [5, 5.41) is 7.39. The number of hydrogen-bond donors (Lipinski definition) is 2. The van der Waals surface area contributed by atoms with Gasteiger partial charge in [0.25, 0.3) is 17.4 Å². The van der Waals surface area contributed by atoms with Crippen LogP contribution in [0.3, 0.4) is 0 Å². The summed E-state index contributed by atoms with van der Waals surface area (Å²) in [7, 11) is 0. The number of primary amides is 1. The van der Waals surface area contributed by atoms with Crippen molar-refractivity contribution in [3.05, 3.63) is 28.3 Å². The lowest BCUT2D eigenvalue weighted by molar-refractivity contribution is -0.104. The highest BCUT2D eigenvalue weighted by molar-refractivity contribution is 6.04. The van der Waals surface area contributed by atoms with Crippen molar-refractivity contribution in [1.82, 2.24) is 19.7 Å². The third-order valence-corrected chi connectivity index (χ3v) is 4.38. The van der Waals surface area contributed by atoms with Gasteiger partial charge in [0, 0.05) is 37.8 Å². The highest BCUT2D eigenvalue weighted by Crippen LogP contribution is 2.45. The van der Waals surface area contributed by atoms with Crippen molar-refractivity contribution in [3.8, 4) is 0 Å². The third kappa shape index (κ3) is 2.29. The van der Waals surface area contributed by atoms with E-state index in [4.69, 9.17) is 10.5 Å². The van der Waals surface area contributed by atoms with Crippen LogP contribution < -0.4 is 16.6 Å². The number of hydrogen-bond acceptors (Lipinski definition) is 5. The number of amides is 1. The lowest BCUT2D eigenvalue weighted by atomic mass is 9.87. The van der Waals surface area contributed by atoms with E-state index in [0.29, 0.717) is 13.2 Å². The number of alkyl halides is 2. The van der Waals surface area contributed by atoms with Crippen LogP contribution in [0.1, 0.15) is 35.6 Å². The predicted molar refractivity (Wildman–Crippen MR) is 78.7 cm³/mol. The number of ether oxygens (including phenoxy) is 1. The predicted octanol–water partition coefficient (Wildman–Crippen LogP) is 0.343. The summed E-state index contributed by atoms with van der Waals surface area (Å²) in [4.78, 5) is 24.4. The molecule has 2 aromatic rings. The number of aromatic nitrogens is 3. The van der Waals surface area contributed by atoms with Gasteiger partial charge in [-0.15, -0.1) is 0 Å². The largest absolute Gasteiger partial charge is 0.365 e. The van der Waals surface area contributed by atoms with E-state index in [1.807, 2.05) is 0 Å². The summed E-state index contributed by atoms with van der Waals surface area (Å²) < 4.78 is 34.2. The normalized spacial score (nSPS) is 23.5. The van der Waals surface area contributed by atoms with Gasteiger partial charge in [0.15, 0.2) is 0 Å². The second-order valence-electron chi connectivity index (χ2n) is 6.09. The van der Waals surface area contributed by atoms with Gasteiger partial charge in [-0.1, -0.05) is 0 Å². The molecule has 3 N–H and O–H groups in total. The SMILES string of the molecule is NC(=O)c1cn(C2CC(F)(F)C2)c(=O)c2cn(C3NCCO3)nc12. The first kappa shape index (κ1) is 15.2. The van der Waals surface area contributed by atoms with Crippen LogP contribution in [-0.2, 0) is 4.74 Å². The molecule has 3 heterocycles. The molecule has 0 aromatic carbocycles. The molecule has 1 aliphatic heterocycles. The van der Waals surface area contributed by atoms with E-state index in [1.165, 1.54) is 17.1 Å². The molecular weight excluding hydrogens is 324 g/mol. The van der Waals surface area contributed by atoms with Crippen molar-refractivity contribution < 1.29 is 18.3 Å². The zero-order chi connectivity index (χ0) is 17.1. The minimum absolute atomic E-state index is 0.0246. The van der Waals surface area contributed by atoms with Gasteiger partial charge in [0.1, 0.15) is 5.52 Å². The number of nitrogens with zero attached hydrogens (tertiary/aromatic N) is 3. The maximum atomic E-state index is 13.1. The molecule has 0 bridgehead atoms. The van der Waals surface area contributed by atoms with Gasteiger partial charge < -0.3 is 15.0 Å². The lowest BCUT2D eigenvalue weighted by Crippen LogP contribution is -2.41. The molecule has 1 atom stereocenters. The van der Waals surface area contributed by atoms with Crippen molar-refractivity contribution in [2.45, 2.75) is 31.2 Å². The first-order valence-electron chi connectivity index (χ1n) is 7.52. The Bertz CT molecular complexity index is 876. The van der Waals surface area contributed by atoms with E-state index in [0.717, 1.165) is 4.57 Å². The number of halogens is 2. The molecule has 1 aliphatic carbocycles. The van der Waals surface area contributed by atoms with E-state index in [9.17, 15) is 18.4 Å². The molecule has 10 heteroatoms. The Balaban J connectivity index is 1.85. The Kier molecular flexibility index (Phi) is 3.22. The smallest absolute Gasteiger partial charge is 0.261 e. The Morgan fingerprint density at radius 1 is 1.42 bits per heavy atom. The van der Waals surface area contributed by atoms with Crippen LogP contribution in [0.4, 0.5) is 8.78 Å². The van der Waals surface area contributed by atoms with Crippen LogP contribution in [-0.4, -0.2) is 39.3 Å². The Hall–Kier alpha value is -2.33. The minimum Gasteiger partial charge on any atom is -0.365 e. The van der Waals surface area contributed by atoms with Gasteiger partial charge in [-0.25, -0.2) is 13.5 Å². The molecule has 2 aromatic heterocycles. The van der Waals surface area contributed by atoms with Crippen molar-refractivity contribution in [1.29, 1.82) is 0 Å². The van der Waals surface area contributed by atoms with Gasteiger partial charge in [0.2, 0.25) is 6.35 Å². The van der Waals surface area contributed by atoms with E-state index < -0.39 is 42.6 Å². The maximum Gasteiger partial charge on any atom is 0.261 e. The second-order valence-corrected chi connectivity index (χ2v) is 6.09. The summed E-state index contributed by atoms with van der Waals surface area (Å²) in [5.74, 6) is -3.55. The molecule has 1 amide bonds. The summed E-state index contributed by atoms with van der Waals surface area (Å²) in [6.45, 7) is 1.12. The molecule has 0 spiro atoms.